The van der Waals surface area contributed by atoms with Crippen molar-refractivity contribution >= 4 is 23.6 Å². The number of amides is 1. The van der Waals surface area contributed by atoms with Gasteiger partial charge in [0, 0.05) is 25.7 Å². The standard InChI is InChI=1S/C19H24N4O3S/c1-3-26-18(25)15-9-11-23(12-10-15)16(24)13-27-19-21-20-17(22(19)2)14-7-5-4-6-8-14/h4-8,15H,3,9-13H2,1-2H3. The third kappa shape index (κ3) is 4.68. The average molecular weight is 388 g/mol. The number of hydrogen-bond donors (Lipinski definition) is 0. The molecule has 8 heteroatoms. The highest BCUT2D eigenvalue weighted by molar-refractivity contribution is 7.99. The first-order valence-electron chi connectivity index (χ1n) is 9.12. The van der Waals surface area contributed by atoms with Crippen molar-refractivity contribution in [3.05, 3.63) is 30.3 Å². The van der Waals surface area contributed by atoms with Gasteiger partial charge in [0.25, 0.3) is 0 Å². The first kappa shape index (κ1) is 19.4. The summed E-state index contributed by atoms with van der Waals surface area (Å²) in [5.74, 6) is 0.915. The largest absolute Gasteiger partial charge is 0.466 e. The maximum Gasteiger partial charge on any atom is 0.309 e. The van der Waals surface area contributed by atoms with Crippen LogP contribution >= 0.6 is 11.8 Å². The van der Waals surface area contributed by atoms with Gasteiger partial charge in [0.2, 0.25) is 5.91 Å². The normalized spacial score (nSPS) is 15.0. The number of ether oxygens (including phenoxy) is 1. The lowest BCUT2D eigenvalue weighted by Gasteiger charge is -2.30. The van der Waals surface area contributed by atoms with Crippen molar-refractivity contribution in [3.63, 3.8) is 0 Å². The van der Waals surface area contributed by atoms with Crippen LogP contribution in [-0.2, 0) is 21.4 Å². The van der Waals surface area contributed by atoms with Gasteiger partial charge in [-0.3, -0.25) is 9.59 Å². The SMILES string of the molecule is CCOC(=O)C1CCN(C(=O)CSc2nnc(-c3ccccc3)n2C)CC1. The third-order valence-corrected chi connectivity index (χ3v) is 5.66. The Hall–Kier alpha value is -2.35. The Morgan fingerprint density at radius 2 is 1.89 bits per heavy atom. The Kier molecular flexibility index (Phi) is 6.49. The number of piperidine rings is 1. The molecule has 1 aromatic carbocycles. The quantitative estimate of drug-likeness (QED) is 0.559. The number of benzene rings is 1. The molecular weight excluding hydrogens is 364 g/mol. The zero-order valence-electron chi connectivity index (χ0n) is 15.6. The Balaban J connectivity index is 1.52. The minimum atomic E-state index is -0.147. The van der Waals surface area contributed by atoms with Crippen molar-refractivity contribution in [3.8, 4) is 11.4 Å². The van der Waals surface area contributed by atoms with Crippen LogP contribution in [0.5, 0.6) is 0 Å². The number of carbonyl (C=O) groups is 2. The molecule has 1 aliphatic rings. The molecule has 0 saturated carbocycles. The van der Waals surface area contributed by atoms with Crippen LogP contribution in [0, 0.1) is 5.92 Å². The van der Waals surface area contributed by atoms with Crippen LogP contribution in [0.3, 0.4) is 0 Å². The molecule has 0 bridgehead atoms. The first-order valence-corrected chi connectivity index (χ1v) is 10.1. The molecule has 2 heterocycles. The van der Waals surface area contributed by atoms with Crippen LogP contribution in [0.25, 0.3) is 11.4 Å². The number of esters is 1. The van der Waals surface area contributed by atoms with Crippen LogP contribution < -0.4 is 0 Å². The minimum absolute atomic E-state index is 0.0616. The number of carbonyl (C=O) groups excluding carboxylic acids is 2. The predicted octanol–water partition coefficient (Wildman–Crippen LogP) is 2.38. The van der Waals surface area contributed by atoms with Gasteiger partial charge in [-0.15, -0.1) is 10.2 Å². The second-order valence-electron chi connectivity index (χ2n) is 6.43. The Morgan fingerprint density at radius 3 is 2.56 bits per heavy atom. The predicted molar refractivity (Wildman–Crippen MR) is 103 cm³/mol. The zero-order chi connectivity index (χ0) is 19.2. The van der Waals surface area contributed by atoms with Gasteiger partial charge in [-0.25, -0.2) is 0 Å². The molecular formula is C19H24N4O3S. The molecule has 0 unspecified atom stereocenters. The van der Waals surface area contributed by atoms with Crippen LogP contribution in [0.4, 0.5) is 0 Å². The molecule has 27 heavy (non-hydrogen) atoms. The van der Waals surface area contributed by atoms with Gasteiger partial charge in [0.1, 0.15) is 0 Å². The molecule has 1 amide bonds. The molecule has 0 N–H and O–H groups in total. The lowest BCUT2D eigenvalue weighted by atomic mass is 9.97. The molecule has 1 fully saturated rings. The van der Waals surface area contributed by atoms with Crippen LogP contribution in [0.15, 0.2) is 35.5 Å². The highest BCUT2D eigenvalue weighted by Crippen LogP contribution is 2.24. The van der Waals surface area contributed by atoms with Gasteiger partial charge in [-0.2, -0.15) is 0 Å². The Labute approximate surface area is 163 Å². The van der Waals surface area contributed by atoms with Crippen molar-refractivity contribution < 1.29 is 14.3 Å². The maximum atomic E-state index is 12.5. The van der Waals surface area contributed by atoms with Gasteiger partial charge < -0.3 is 14.2 Å². The van der Waals surface area contributed by atoms with E-state index in [1.807, 2.05) is 53.8 Å². The highest BCUT2D eigenvalue weighted by Gasteiger charge is 2.28. The average Bonchev–Trinajstić information content (AvgIpc) is 3.07. The molecule has 0 aliphatic carbocycles. The number of rotatable bonds is 6. The van der Waals surface area contributed by atoms with E-state index in [1.54, 1.807) is 0 Å². The van der Waals surface area contributed by atoms with E-state index in [-0.39, 0.29) is 17.8 Å². The van der Waals surface area contributed by atoms with E-state index in [4.69, 9.17) is 4.74 Å². The molecule has 2 aromatic rings. The topological polar surface area (TPSA) is 77.3 Å². The molecule has 3 rings (SSSR count). The summed E-state index contributed by atoms with van der Waals surface area (Å²) in [4.78, 5) is 26.1. The third-order valence-electron chi connectivity index (χ3n) is 4.66. The number of hydrogen-bond acceptors (Lipinski definition) is 6. The lowest BCUT2D eigenvalue weighted by molar-refractivity contribution is -0.151. The number of aromatic nitrogens is 3. The van der Waals surface area contributed by atoms with E-state index in [9.17, 15) is 9.59 Å². The molecule has 144 valence electrons. The van der Waals surface area contributed by atoms with Crippen molar-refractivity contribution in [2.45, 2.75) is 24.9 Å². The van der Waals surface area contributed by atoms with Gasteiger partial charge in [0.05, 0.1) is 18.3 Å². The zero-order valence-corrected chi connectivity index (χ0v) is 16.4. The number of nitrogens with zero attached hydrogens (tertiary/aromatic N) is 4. The maximum absolute atomic E-state index is 12.5. The summed E-state index contributed by atoms with van der Waals surface area (Å²) in [5.41, 5.74) is 0.992. The Bertz CT molecular complexity index is 786. The smallest absolute Gasteiger partial charge is 0.309 e. The van der Waals surface area contributed by atoms with Crippen molar-refractivity contribution in [1.29, 1.82) is 0 Å². The number of thioether (sulfide) groups is 1. The molecule has 7 nitrogen and oxygen atoms in total. The summed E-state index contributed by atoms with van der Waals surface area (Å²) in [6.07, 6.45) is 1.33. The summed E-state index contributed by atoms with van der Waals surface area (Å²) in [6.45, 7) is 3.40. The van der Waals surface area contributed by atoms with Crippen LogP contribution in [0.1, 0.15) is 19.8 Å². The molecule has 1 aromatic heterocycles. The summed E-state index contributed by atoms with van der Waals surface area (Å²) in [6, 6.07) is 9.84. The van der Waals surface area contributed by atoms with Crippen LogP contribution in [0.2, 0.25) is 0 Å². The molecule has 0 atom stereocenters. The van der Waals surface area contributed by atoms with E-state index in [0.717, 1.165) is 11.4 Å². The van der Waals surface area contributed by atoms with E-state index >= 15 is 0 Å². The van der Waals surface area contributed by atoms with Crippen molar-refractivity contribution in [1.82, 2.24) is 19.7 Å². The van der Waals surface area contributed by atoms with E-state index in [1.165, 1.54) is 11.8 Å². The summed E-state index contributed by atoms with van der Waals surface area (Å²) >= 11 is 1.39. The minimum Gasteiger partial charge on any atom is -0.466 e. The van der Waals surface area contributed by atoms with E-state index < -0.39 is 0 Å². The van der Waals surface area contributed by atoms with Crippen LogP contribution in [-0.4, -0.2) is 57.0 Å². The van der Waals surface area contributed by atoms with Gasteiger partial charge in [0.15, 0.2) is 11.0 Å². The highest BCUT2D eigenvalue weighted by atomic mass is 32.2. The lowest BCUT2D eigenvalue weighted by Crippen LogP contribution is -2.41. The summed E-state index contributed by atoms with van der Waals surface area (Å²) in [7, 11) is 1.90. The van der Waals surface area contributed by atoms with Crippen molar-refractivity contribution in [2.24, 2.45) is 13.0 Å². The molecule has 0 radical (unpaired) electrons. The molecule has 0 spiro atoms. The van der Waals surface area contributed by atoms with E-state index in [2.05, 4.69) is 10.2 Å². The number of likely N-dealkylation sites (tertiary alicyclic amines) is 1. The van der Waals surface area contributed by atoms with Crippen molar-refractivity contribution in [2.75, 3.05) is 25.4 Å². The van der Waals surface area contributed by atoms with E-state index in [0.29, 0.717) is 43.4 Å². The summed E-state index contributed by atoms with van der Waals surface area (Å²) in [5, 5.41) is 9.16. The fraction of sp³-hybridized carbons (Fsp3) is 0.474. The first-order chi connectivity index (χ1) is 13.1. The summed E-state index contributed by atoms with van der Waals surface area (Å²) < 4.78 is 6.97. The fourth-order valence-electron chi connectivity index (χ4n) is 3.12. The molecule has 1 saturated heterocycles. The van der Waals surface area contributed by atoms with Gasteiger partial charge in [-0.1, -0.05) is 42.1 Å². The molecule has 1 aliphatic heterocycles. The second kappa shape index (κ2) is 9.03. The van der Waals surface area contributed by atoms with Gasteiger partial charge >= 0.3 is 5.97 Å². The van der Waals surface area contributed by atoms with Gasteiger partial charge in [-0.05, 0) is 19.8 Å². The monoisotopic (exact) mass is 388 g/mol. The second-order valence-corrected chi connectivity index (χ2v) is 7.37. The Morgan fingerprint density at radius 1 is 1.19 bits per heavy atom. The fourth-order valence-corrected chi connectivity index (χ4v) is 3.94.